The van der Waals surface area contributed by atoms with Crippen LogP contribution in [0.2, 0.25) is 0 Å². The lowest BCUT2D eigenvalue weighted by Gasteiger charge is -2.19. The molecule has 3 aromatic carbocycles. The van der Waals surface area contributed by atoms with Gasteiger partial charge in [0.1, 0.15) is 11.5 Å². The molecule has 0 aliphatic rings. The van der Waals surface area contributed by atoms with Crippen molar-refractivity contribution >= 4 is 5.69 Å². The van der Waals surface area contributed by atoms with Crippen LogP contribution in [0.1, 0.15) is 6.92 Å². The summed E-state index contributed by atoms with van der Waals surface area (Å²) in [5.41, 5.74) is 6.92. The third-order valence-corrected chi connectivity index (χ3v) is 6.01. The van der Waals surface area contributed by atoms with Crippen LogP contribution in [0.3, 0.4) is 0 Å². The van der Waals surface area contributed by atoms with Crippen molar-refractivity contribution in [2.75, 3.05) is 45.9 Å². The molecule has 5 heteroatoms. The van der Waals surface area contributed by atoms with Gasteiger partial charge in [-0.15, -0.1) is 0 Å². The lowest BCUT2D eigenvalue weighted by molar-refractivity contribution is 0.154. The normalized spacial score (nSPS) is 10.7. The van der Waals surface area contributed by atoms with Gasteiger partial charge in [0.05, 0.1) is 32.2 Å². The van der Waals surface area contributed by atoms with Crippen molar-refractivity contribution in [1.29, 1.82) is 0 Å². The Balaban J connectivity index is 1.78. The average Bonchev–Trinajstić information content (AvgIpc) is 2.92. The fourth-order valence-electron chi connectivity index (χ4n) is 4.07. The smallest absolute Gasteiger partial charge is 0.128 e. The predicted molar refractivity (Wildman–Crippen MR) is 143 cm³/mol. The van der Waals surface area contributed by atoms with Crippen LogP contribution < -0.4 is 14.4 Å². The summed E-state index contributed by atoms with van der Waals surface area (Å²) >= 11 is 0. The quantitative estimate of drug-likeness (QED) is 0.246. The fourth-order valence-corrected chi connectivity index (χ4v) is 4.07. The van der Waals surface area contributed by atoms with Gasteiger partial charge in [-0.2, -0.15) is 0 Å². The number of benzene rings is 3. The van der Waals surface area contributed by atoms with E-state index in [2.05, 4.69) is 48.3 Å². The number of aromatic nitrogens is 1. The van der Waals surface area contributed by atoms with E-state index in [1.54, 1.807) is 14.2 Å². The van der Waals surface area contributed by atoms with Crippen LogP contribution in [0.25, 0.3) is 33.6 Å². The number of ether oxygens (including phenoxy) is 3. The number of nitrogens with zero attached hydrogens (tertiary/aromatic N) is 2. The summed E-state index contributed by atoms with van der Waals surface area (Å²) in [5.74, 6) is 1.57. The maximum absolute atomic E-state index is 5.64. The highest BCUT2D eigenvalue weighted by atomic mass is 16.5. The lowest BCUT2D eigenvalue weighted by atomic mass is 9.99. The molecule has 0 spiro atoms. The van der Waals surface area contributed by atoms with E-state index in [0.29, 0.717) is 6.61 Å². The zero-order valence-corrected chi connectivity index (χ0v) is 20.8. The summed E-state index contributed by atoms with van der Waals surface area (Å²) in [5, 5.41) is 0. The summed E-state index contributed by atoms with van der Waals surface area (Å²) in [6.07, 6.45) is 0. The highest BCUT2D eigenvalue weighted by Crippen LogP contribution is 2.36. The van der Waals surface area contributed by atoms with Crippen molar-refractivity contribution in [3.05, 3.63) is 84.9 Å². The van der Waals surface area contributed by atoms with Gasteiger partial charge in [0.15, 0.2) is 0 Å². The zero-order valence-electron chi connectivity index (χ0n) is 20.8. The molecule has 0 N–H and O–H groups in total. The van der Waals surface area contributed by atoms with E-state index in [4.69, 9.17) is 19.2 Å². The molecule has 1 aromatic heterocycles. The molecule has 0 aliphatic heterocycles. The van der Waals surface area contributed by atoms with Crippen LogP contribution in [0.4, 0.5) is 5.69 Å². The van der Waals surface area contributed by atoms with Crippen LogP contribution in [0, 0.1) is 0 Å². The fraction of sp³-hybridized carbons (Fsp3) is 0.233. The van der Waals surface area contributed by atoms with Gasteiger partial charge in [-0.3, -0.25) is 0 Å². The Morgan fingerprint density at radius 2 is 1.26 bits per heavy atom. The molecule has 4 aromatic rings. The number of anilines is 1. The highest BCUT2D eigenvalue weighted by Gasteiger charge is 2.14. The van der Waals surface area contributed by atoms with Crippen molar-refractivity contribution in [1.82, 2.24) is 4.98 Å². The number of methoxy groups -OCH3 is 2. The van der Waals surface area contributed by atoms with Gasteiger partial charge < -0.3 is 19.1 Å². The minimum Gasteiger partial charge on any atom is -0.496 e. The Labute approximate surface area is 207 Å². The lowest BCUT2D eigenvalue weighted by Crippen LogP contribution is -2.22. The minimum absolute atomic E-state index is 0.712. The minimum atomic E-state index is 0.712. The Bertz CT molecular complexity index is 1190. The van der Waals surface area contributed by atoms with Crippen molar-refractivity contribution in [2.24, 2.45) is 0 Å². The van der Waals surface area contributed by atoms with Crippen LogP contribution >= 0.6 is 0 Å². The third kappa shape index (κ3) is 5.64. The summed E-state index contributed by atoms with van der Waals surface area (Å²) < 4.78 is 16.8. The number of hydrogen-bond acceptors (Lipinski definition) is 5. The molecule has 5 nitrogen and oxygen atoms in total. The van der Waals surface area contributed by atoms with Gasteiger partial charge in [0.25, 0.3) is 0 Å². The second-order valence-corrected chi connectivity index (χ2v) is 8.19. The molecule has 0 fully saturated rings. The molecule has 0 bridgehead atoms. The Morgan fingerprint density at radius 1 is 0.714 bits per heavy atom. The van der Waals surface area contributed by atoms with Gasteiger partial charge in [-0.25, -0.2) is 4.98 Å². The number of pyridine rings is 1. The van der Waals surface area contributed by atoms with Crippen LogP contribution in [-0.2, 0) is 4.74 Å². The largest absolute Gasteiger partial charge is 0.496 e. The van der Waals surface area contributed by atoms with Gasteiger partial charge in [-0.05, 0) is 66.6 Å². The summed E-state index contributed by atoms with van der Waals surface area (Å²) in [6.45, 7) is 4.31. The van der Waals surface area contributed by atoms with Crippen LogP contribution in [-0.4, -0.2) is 46.0 Å². The van der Waals surface area contributed by atoms with Gasteiger partial charge in [-0.1, -0.05) is 36.4 Å². The molecule has 35 heavy (non-hydrogen) atoms. The van der Waals surface area contributed by atoms with Crippen LogP contribution in [0.15, 0.2) is 84.9 Å². The SMILES string of the molecule is CCOCCN(C)c1ccc(-c2cc(-c3ccccc3OC)nc(-c3ccccc3OC)c2)cc1. The average molecular weight is 469 g/mol. The number of likely N-dealkylation sites (N-methyl/N-ethyl adjacent to an activating group) is 1. The zero-order chi connectivity index (χ0) is 24.6. The first-order chi connectivity index (χ1) is 17.1. The predicted octanol–water partition coefficient (Wildman–Crippen LogP) is 6.57. The summed E-state index contributed by atoms with van der Waals surface area (Å²) in [7, 11) is 5.45. The second-order valence-electron chi connectivity index (χ2n) is 8.19. The van der Waals surface area contributed by atoms with E-state index in [-0.39, 0.29) is 0 Å². The molecule has 0 saturated heterocycles. The molecule has 0 atom stereocenters. The third-order valence-electron chi connectivity index (χ3n) is 6.01. The van der Waals surface area contributed by atoms with E-state index in [1.807, 2.05) is 55.5 Å². The Morgan fingerprint density at radius 3 is 1.77 bits per heavy atom. The van der Waals surface area contributed by atoms with E-state index in [9.17, 15) is 0 Å². The molecule has 0 unspecified atom stereocenters. The monoisotopic (exact) mass is 468 g/mol. The molecular formula is C30H32N2O3. The number of hydrogen-bond donors (Lipinski definition) is 0. The molecule has 1 heterocycles. The molecule has 180 valence electrons. The van der Waals surface area contributed by atoms with Gasteiger partial charge in [0.2, 0.25) is 0 Å². The second kappa shape index (κ2) is 11.5. The van der Waals surface area contributed by atoms with Gasteiger partial charge in [0, 0.05) is 37.0 Å². The first-order valence-corrected chi connectivity index (χ1v) is 11.8. The molecule has 0 aliphatic carbocycles. The number of para-hydroxylation sites is 2. The van der Waals surface area contributed by atoms with Crippen molar-refractivity contribution in [3.8, 4) is 45.1 Å². The molecular weight excluding hydrogens is 436 g/mol. The topological polar surface area (TPSA) is 43.8 Å². The molecule has 0 radical (unpaired) electrons. The number of rotatable bonds is 10. The molecule has 4 rings (SSSR count). The molecule has 0 amide bonds. The van der Waals surface area contributed by atoms with Crippen molar-refractivity contribution in [2.45, 2.75) is 6.92 Å². The van der Waals surface area contributed by atoms with E-state index < -0.39 is 0 Å². The summed E-state index contributed by atoms with van der Waals surface area (Å²) in [6, 6.07) is 28.8. The van der Waals surface area contributed by atoms with Crippen LogP contribution in [0.5, 0.6) is 11.5 Å². The van der Waals surface area contributed by atoms with E-state index in [1.165, 1.54) is 0 Å². The maximum atomic E-state index is 5.64. The standard InChI is InChI=1S/C30H32N2O3/c1-5-35-19-18-32(2)24-16-14-22(15-17-24)23-20-27(25-10-6-8-12-29(25)33-3)31-28(21-23)26-11-7-9-13-30(26)34-4/h6-17,20-21H,5,18-19H2,1-4H3. The summed E-state index contributed by atoms with van der Waals surface area (Å²) in [4.78, 5) is 7.22. The Hall–Kier alpha value is -3.83. The van der Waals surface area contributed by atoms with Gasteiger partial charge >= 0.3 is 0 Å². The van der Waals surface area contributed by atoms with Crippen molar-refractivity contribution in [3.63, 3.8) is 0 Å². The maximum Gasteiger partial charge on any atom is 0.128 e. The van der Waals surface area contributed by atoms with E-state index >= 15 is 0 Å². The molecule has 0 saturated carbocycles. The van der Waals surface area contributed by atoms with E-state index in [0.717, 1.165) is 64.0 Å². The first kappa shape index (κ1) is 24.3. The first-order valence-electron chi connectivity index (χ1n) is 11.8. The Kier molecular flexibility index (Phi) is 8.01. The highest BCUT2D eigenvalue weighted by molar-refractivity contribution is 5.80. The van der Waals surface area contributed by atoms with Crippen molar-refractivity contribution < 1.29 is 14.2 Å².